The van der Waals surface area contributed by atoms with Gasteiger partial charge in [-0.2, -0.15) is 5.10 Å². The molecule has 0 unspecified atom stereocenters. The third-order valence-electron chi connectivity index (χ3n) is 6.04. The maximum absolute atomic E-state index is 6.73. The van der Waals surface area contributed by atoms with E-state index in [1.165, 1.54) is 12.7 Å². The smallest absolute Gasteiger partial charge is 0.164 e. The molecule has 6 nitrogen and oxygen atoms in total. The standard InChI is InChI=1S/C24H19ClN6/c25-18-11-15-9-10-19(14-5-2-1-3-6-14)29-20(15)12-17(18)22-21-23(26)27-13-28-24(21)31(30-22)16-7-4-8-16/h1-3,5-6,9-13,16H,4,7-8H2,(H2,26,27,28). The van der Waals surface area contributed by atoms with Crippen molar-refractivity contribution in [2.45, 2.75) is 25.3 Å². The number of hydrogen-bond donors (Lipinski definition) is 1. The topological polar surface area (TPSA) is 82.5 Å². The van der Waals surface area contributed by atoms with Crippen LogP contribution in [-0.4, -0.2) is 24.7 Å². The number of hydrogen-bond acceptors (Lipinski definition) is 5. The lowest BCUT2D eigenvalue weighted by molar-refractivity contribution is 0.296. The van der Waals surface area contributed by atoms with Gasteiger partial charge in [0.15, 0.2) is 5.65 Å². The Morgan fingerprint density at radius 2 is 1.84 bits per heavy atom. The van der Waals surface area contributed by atoms with Gasteiger partial charge in [-0.05, 0) is 37.5 Å². The largest absolute Gasteiger partial charge is 0.383 e. The fourth-order valence-electron chi connectivity index (χ4n) is 4.16. The summed E-state index contributed by atoms with van der Waals surface area (Å²) in [5.74, 6) is 0.410. The Bertz CT molecular complexity index is 1440. The highest BCUT2D eigenvalue weighted by molar-refractivity contribution is 6.34. The number of fused-ring (bicyclic) bond motifs is 2. The molecule has 0 atom stereocenters. The summed E-state index contributed by atoms with van der Waals surface area (Å²) in [7, 11) is 0. The molecule has 2 N–H and O–H groups in total. The predicted molar refractivity (Wildman–Crippen MR) is 124 cm³/mol. The Kier molecular flexibility index (Phi) is 4.14. The SMILES string of the molecule is Nc1ncnc2c1c(-c1cc3nc(-c4ccccc4)ccc3cc1Cl)nn2C1CCC1. The molecule has 31 heavy (non-hydrogen) atoms. The van der Waals surface area contributed by atoms with E-state index in [2.05, 4.69) is 22.1 Å². The minimum Gasteiger partial charge on any atom is -0.383 e. The molecule has 0 bridgehead atoms. The van der Waals surface area contributed by atoms with Crippen LogP contribution in [0, 0.1) is 0 Å². The average Bonchev–Trinajstić information content (AvgIpc) is 3.12. The van der Waals surface area contributed by atoms with Gasteiger partial charge in [-0.1, -0.05) is 48.0 Å². The number of anilines is 1. The van der Waals surface area contributed by atoms with Crippen LogP contribution in [0.25, 0.3) is 44.5 Å². The first-order chi connectivity index (χ1) is 15.2. The summed E-state index contributed by atoms with van der Waals surface area (Å²) in [5.41, 5.74) is 11.3. The van der Waals surface area contributed by atoms with Crippen molar-refractivity contribution in [3.63, 3.8) is 0 Å². The van der Waals surface area contributed by atoms with Crippen LogP contribution in [0.1, 0.15) is 25.3 Å². The molecule has 0 amide bonds. The quantitative estimate of drug-likeness (QED) is 0.402. The molecule has 3 heterocycles. The van der Waals surface area contributed by atoms with Crippen molar-refractivity contribution in [3.05, 3.63) is 65.9 Å². The second kappa shape index (κ2) is 7.03. The lowest BCUT2D eigenvalue weighted by atomic mass is 9.93. The lowest BCUT2D eigenvalue weighted by Crippen LogP contribution is -2.18. The van der Waals surface area contributed by atoms with Crippen molar-refractivity contribution >= 4 is 39.4 Å². The van der Waals surface area contributed by atoms with Gasteiger partial charge in [-0.15, -0.1) is 0 Å². The number of halogens is 1. The van der Waals surface area contributed by atoms with Crippen LogP contribution < -0.4 is 5.73 Å². The van der Waals surface area contributed by atoms with E-state index in [9.17, 15) is 0 Å². The summed E-state index contributed by atoms with van der Waals surface area (Å²) < 4.78 is 1.99. The number of nitrogens with two attached hydrogens (primary N) is 1. The van der Waals surface area contributed by atoms with Crippen molar-refractivity contribution in [2.75, 3.05) is 5.73 Å². The number of aromatic nitrogens is 5. The van der Waals surface area contributed by atoms with Crippen LogP contribution in [0.15, 0.2) is 60.9 Å². The normalized spacial score (nSPS) is 14.2. The van der Waals surface area contributed by atoms with Gasteiger partial charge < -0.3 is 5.73 Å². The molecule has 6 rings (SSSR count). The van der Waals surface area contributed by atoms with Crippen LogP contribution in [0.3, 0.4) is 0 Å². The molecule has 0 aliphatic heterocycles. The van der Waals surface area contributed by atoms with Gasteiger partial charge >= 0.3 is 0 Å². The van der Waals surface area contributed by atoms with Crippen LogP contribution in [0.4, 0.5) is 5.82 Å². The first-order valence-corrected chi connectivity index (χ1v) is 10.7. The molecule has 0 spiro atoms. The van der Waals surface area contributed by atoms with Gasteiger partial charge in [-0.3, -0.25) is 0 Å². The molecule has 3 aromatic heterocycles. The monoisotopic (exact) mass is 426 g/mol. The zero-order valence-corrected chi connectivity index (χ0v) is 17.4. The molecule has 5 aromatic rings. The molecular formula is C24H19ClN6. The van der Waals surface area contributed by atoms with Crippen molar-refractivity contribution in [3.8, 4) is 22.5 Å². The van der Waals surface area contributed by atoms with E-state index < -0.39 is 0 Å². The fourth-order valence-corrected chi connectivity index (χ4v) is 4.43. The van der Waals surface area contributed by atoms with Crippen LogP contribution in [0.2, 0.25) is 5.02 Å². The molecule has 152 valence electrons. The van der Waals surface area contributed by atoms with Gasteiger partial charge in [0.2, 0.25) is 0 Å². The van der Waals surface area contributed by atoms with E-state index in [1.807, 2.05) is 47.1 Å². The predicted octanol–water partition coefficient (Wildman–Crippen LogP) is 5.67. The van der Waals surface area contributed by atoms with E-state index in [0.29, 0.717) is 22.6 Å². The Balaban J connectivity index is 1.57. The molecule has 1 fully saturated rings. The summed E-state index contributed by atoms with van der Waals surface area (Å²) >= 11 is 6.73. The first kappa shape index (κ1) is 18.3. The van der Waals surface area contributed by atoms with Crippen LogP contribution in [-0.2, 0) is 0 Å². The number of benzene rings is 2. The number of nitrogens with zero attached hydrogens (tertiary/aromatic N) is 5. The second-order valence-electron chi connectivity index (χ2n) is 7.92. The number of pyridine rings is 1. The summed E-state index contributed by atoms with van der Waals surface area (Å²) in [5, 5.41) is 7.23. The number of rotatable bonds is 3. The van der Waals surface area contributed by atoms with E-state index in [1.54, 1.807) is 0 Å². The number of nitrogen functional groups attached to an aromatic ring is 1. The third kappa shape index (κ3) is 2.94. The van der Waals surface area contributed by atoms with Crippen LogP contribution >= 0.6 is 11.6 Å². The van der Waals surface area contributed by atoms with Gasteiger partial charge in [-0.25, -0.2) is 19.6 Å². The highest BCUT2D eigenvalue weighted by atomic mass is 35.5. The van der Waals surface area contributed by atoms with E-state index in [0.717, 1.165) is 51.6 Å². The molecule has 0 saturated heterocycles. The highest BCUT2D eigenvalue weighted by Gasteiger charge is 2.27. The maximum Gasteiger partial charge on any atom is 0.164 e. The molecule has 0 radical (unpaired) electrons. The Morgan fingerprint density at radius 1 is 1.00 bits per heavy atom. The highest BCUT2D eigenvalue weighted by Crippen LogP contribution is 2.40. The molecule has 7 heteroatoms. The average molecular weight is 427 g/mol. The van der Waals surface area contributed by atoms with E-state index >= 15 is 0 Å². The zero-order chi connectivity index (χ0) is 20.9. The molecule has 1 aliphatic rings. The molecule has 1 saturated carbocycles. The van der Waals surface area contributed by atoms with E-state index in [4.69, 9.17) is 27.4 Å². The Labute approximate surface area is 183 Å². The molecule has 1 aliphatic carbocycles. The van der Waals surface area contributed by atoms with Crippen molar-refractivity contribution in [2.24, 2.45) is 0 Å². The maximum atomic E-state index is 6.73. The lowest BCUT2D eigenvalue weighted by Gasteiger charge is -2.25. The summed E-state index contributed by atoms with van der Waals surface area (Å²) in [6.45, 7) is 0. The minimum absolute atomic E-state index is 0.340. The summed E-state index contributed by atoms with van der Waals surface area (Å²) in [6, 6.07) is 18.4. The van der Waals surface area contributed by atoms with E-state index in [-0.39, 0.29) is 0 Å². The van der Waals surface area contributed by atoms with Crippen molar-refractivity contribution in [1.82, 2.24) is 24.7 Å². The fraction of sp³-hybridized carbons (Fsp3) is 0.167. The summed E-state index contributed by atoms with van der Waals surface area (Å²) in [4.78, 5) is 13.6. The van der Waals surface area contributed by atoms with Gasteiger partial charge in [0.05, 0.1) is 27.7 Å². The minimum atomic E-state index is 0.340. The van der Waals surface area contributed by atoms with Gasteiger partial charge in [0, 0.05) is 16.5 Å². The van der Waals surface area contributed by atoms with Crippen LogP contribution in [0.5, 0.6) is 0 Å². The Hall–Kier alpha value is -3.51. The zero-order valence-electron chi connectivity index (χ0n) is 16.7. The first-order valence-electron chi connectivity index (χ1n) is 10.3. The summed E-state index contributed by atoms with van der Waals surface area (Å²) in [6.07, 6.45) is 4.87. The molecular weight excluding hydrogens is 408 g/mol. The van der Waals surface area contributed by atoms with Crippen molar-refractivity contribution < 1.29 is 0 Å². The van der Waals surface area contributed by atoms with Gasteiger partial charge in [0.25, 0.3) is 0 Å². The Morgan fingerprint density at radius 3 is 2.61 bits per heavy atom. The third-order valence-corrected chi connectivity index (χ3v) is 6.35. The second-order valence-corrected chi connectivity index (χ2v) is 8.33. The van der Waals surface area contributed by atoms with Crippen molar-refractivity contribution in [1.29, 1.82) is 0 Å². The van der Waals surface area contributed by atoms with Gasteiger partial charge in [0.1, 0.15) is 17.8 Å². The molecule has 2 aromatic carbocycles.